The zero-order valence-electron chi connectivity index (χ0n) is 30.6. The van der Waals surface area contributed by atoms with Gasteiger partial charge in [0.05, 0.1) is 12.7 Å². The third-order valence-corrected chi connectivity index (χ3v) is 9.38. The van der Waals surface area contributed by atoms with Crippen LogP contribution in [-0.2, 0) is 4.79 Å². The molecule has 1 N–H and O–H groups in total. The zero-order valence-corrected chi connectivity index (χ0v) is 30.6. The molecular formula is C41H77N3O. The quantitative estimate of drug-likeness (QED) is 0.0581. The number of carbonyl (C=O) groups is 1. The summed E-state index contributed by atoms with van der Waals surface area (Å²) in [5.74, 6) is 1.41. The van der Waals surface area contributed by atoms with E-state index in [1.54, 1.807) is 0 Å². The number of unbranched alkanes of at least 4 members (excludes halogenated alkanes) is 23. The van der Waals surface area contributed by atoms with Crippen molar-refractivity contribution in [3.05, 3.63) is 24.3 Å². The normalized spacial score (nSPS) is 14.2. The van der Waals surface area contributed by atoms with Crippen LogP contribution in [0.3, 0.4) is 0 Å². The molecule has 1 rings (SSSR count). The standard InChI is InChI=1S/C41H77N3O/c1-4-6-8-10-12-14-16-18-20-22-23-25-27-29-31-33-35-40-42-37-38-44(40)39(3)43-41(45)36-34-32-30-28-26-24-21-19-17-15-13-11-9-7-5-2/h18-21,39H,4-17,22-38H2,1-3H3,(H,43,45). The van der Waals surface area contributed by atoms with Crippen LogP contribution in [0.15, 0.2) is 29.3 Å². The molecule has 262 valence electrons. The van der Waals surface area contributed by atoms with E-state index < -0.39 is 0 Å². The molecule has 1 aliphatic heterocycles. The highest BCUT2D eigenvalue weighted by Gasteiger charge is 2.22. The summed E-state index contributed by atoms with van der Waals surface area (Å²) in [5, 5.41) is 3.25. The van der Waals surface area contributed by atoms with Gasteiger partial charge in [0.1, 0.15) is 5.84 Å². The van der Waals surface area contributed by atoms with Gasteiger partial charge in [-0.1, -0.05) is 147 Å². The summed E-state index contributed by atoms with van der Waals surface area (Å²) >= 11 is 0. The van der Waals surface area contributed by atoms with Crippen molar-refractivity contribution in [3.63, 3.8) is 0 Å². The lowest BCUT2D eigenvalue weighted by atomic mass is 10.1. The van der Waals surface area contributed by atoms with Gasteiger partial charge in [-0.05, 0) is 71.1 Å². The fourth-order valence-electron chi connectivity index (χ4n) is 6.42. The SMILES string of the molecule is CCCCCCCCC=CCCCCCCCCC1=NCCN1C(C)NC(=O)CCCCCCCC=CCCCCCCCC. The van der Waals surface area contributed by atoms with Crippen molar-refractivity contribution in [2.24, 2.45) is 4.99 Å². The van der Waals surface area contributed by atoms with E-state index >= 15 is 0 Å². The lowest BCUT2D eigenvalue weighted by molar-refractivity contribution is -0.122. The lowest BCUT2D eigenvalue weighted by Gasteiger charge is -2.28. The minimum absolute atomic E-state index is 0.0518. The Morgan fingerprint density at radius 3 is 1.49 bits per heavy atom. The monoisotopic (exact) mass is 628 g/mol. The second kappa shape index (κ2) is 32.4. The van der Waals surface area contributed by atoms with Crippen LogP contribution < -0.4 is 5.32 Å². The van der Waals surface area contributed by atoms with Gasteiger partial charge in [-0.2, -0.15) is 0 Å². The fraction of sp³-hybridized carbons (Fsp3) is 0.854. The first-order valence-electron chi connectivity index (χ1n) is 20.1. The Balaban J connectivity index is 1.95. The molecule has 0 saturated carbocycles. The molecular weight excluding hydrogens is 550 g/mol. The van der Waals surface area contributed by atoms with E-state index in [0.717, 1.165) is 32.4 Å². The number of nitrogens with zero attached hydrogens (tertiary/aromatic N) is 2. The van der Waals surface area contributed by atoms with Crippen LogP contribution in [0.5, 0.6) is 0 Å². The molecule has 0 aromatic rings. The van der Waals surface area contributed by atoms with Gasteiger partial charge < -0.3 is 10.2 Å². The number of hydrogen-bond donors (Lipinski definition) is 1. The first-order valence-corrected chi connectivity index (χ1v) is 20.1. The predicted octanol–water partition coefficient (Wildman–Crippen LogP) is 12.6. The molecule has 0 fully saturated rings. The van der Waals surface area contributed by atoms with Crippen LogP contribution in [-0.4, -0.2) is 35.9 Å². The third-order valence-electron chi connectivity index (χ3n) is 9.38. The van der Waals surface area contributed by atoms with E-state index in [0.29, 0.717) is 6.42 Å². The number of hydrogen-bond acceptors (Lipinski definition) is 3. The Morgan fingerprint density at radius 2 is 1.02 bits per heavy atom. The molecule has 0 bridgehead atoms. The number of carbonyl (C=O) groups excluding carboxylic acids is 1. The Kier molecular flexibility index (Phi) is 29.8. The van der Waals surface area contributed by atoms with Gasteiger partial charge in [0.25, 0.3) is 0 Å². The summed E-state index contributed by atoms with van der Waals surface area (Å²) in [7, 11) is 0. The summed E-state index contributed by atoms with van der Waals surface area (Å²) in [6.07, 6.45) is 46.8. The van der Waals surface area contributed by atoms with Crippen molar-refractivity contribution in [1.82, 2.24) is 10.2 Å². The van der Waals surface area contributed by atoms with Gasteiger partial charge in [-0.25, -0.2) is 0 Å². The molecule has 0 aromatic carbocycles. The average molecular weight is 628 g/mol. The van der Waals surface area contributed by atoms with E-state index in [1.807, 2.05) is 0 Å². The summed E-state index contributed by atoms with van der Waals surface area (Å²) in [4.78, 5) is 19.7. The molecule has 1 atom stereocenters. The molecule has 4 heteroatoms. The van der Waals surface area contributed by atoms with Crippen LogP contribution in [0.1, 0.15) is 207 Å². The Bertz CT molecular complexity index is 743. The Morgan fingerprint density at radius 1 is 0.622 bits per heavy atom. The van der Waals surface area contributed by atoms with E-state index in [1.165, 1.54) is 166 Å². The van der Waals surface area contributed by atoms with Crippen molar-refractivity contribution < 1.29 is 4.79 Å². The van der Waals surface area contributed by atoms with Crippen LogP contribution in [0.4, 0.5) is 0 Å². The van der Waals surface area contributed by atoms with Gasteiger partial charge in [-0.15, -0.1) is 0 Å². The largest absolute Gasteiger partial charge is 0.338 e. The van der Waals surface area contributed by atoms with Crippen LogP contribution in [0.2, 0.25) is 0 Å². The van der Waals surface area contributed by atoms with Gasteiger partial charge in [0.2, 0.25) is 5.91 Å². The van der Waals surface area contributed by atoms with Crippen molar-refractivity contribution in [2.45, 2.75) is 213 Å². The summed E-state index contributed by atoms with van der Waals surface area (Å²) < 4.78 is 0. The minimum atomic E-state index is 0.0518. The third kappa shape index (κ3) is 26.2. The van der Waals surface area contributed by atoms with E-state index in [9.17, 15) is 4.79 Å². The molecule has 0 radical (unpaired) electrons. The van der Waals surface area contributed by atoms with E-state index in [4.69, 9.17) is 4.99 Å². The number of amides is 1. The van der Waals surface area contributed by atoms with Gasteiger partial charge >= 0.3 is 0 Å². The molecule has 4 nitrogen and oxygen atoms in total. The maximum atomic E-state index is 12.6. The maximum absolute atomic E-state index is 12.6. The molecule has 0 saturated heterocycles. The molecule has 0 aliphatic carbocycles. The van der Waals surface area contributed by atoms with Crippen molar-refractivity contribution in [3.8, 4) is 0 Å². The van der Waals surface area contributed by atoms with Crippen LogP contribution >= 0.6 is 0 Å². The molecule has 1 unspecified atom stereocenters. The second-order valence-electron chi connectivity index (χ2n) is 13.8. The second-order valence-corrected chi connectivity index (χ2v) is 13.8. The van der Waals surface area contributed by atoms with Crippen molar-refractivity contribution >= 4 is 11.7 Å². The number of aliphatic imine (C=N–C) groups is 1. The fourth-order valence-corrected chi connectivity index (χ4v) is 6.42. The summed E-state index contributed by atoms with van der Waals surface area (Å²) in [5.41, 5.74) is 0. The first-order chi connectivity index (χ1) is 22.2. The molecule has 1 amide bonds. The summed E-state index contributed by atoms with van der Waals surface area (Å²) in [6.45, 7) is 8.50. The Labute approximate surface area is 281 Å². The number of allylic oxidation sites excluding steroid dienone is 4. The highest BCUT2D eigenvalue weighted by atomic mass is 16.1. The zero-order chi connectivity index (χ0) is 32.5. The van der Waals surface area contributed by atoms with Crippen molar-refractivity contribution in [2.75, 3.05) is 13.1 Å². The van der Waals surface area contributed by atoms with E-state index in [2.05, 4.69) is 55.3 Å². The van der Waals surface area contributed by atoms with Crippen molar-refractivity contribution in [1.29, 1.82) is 0 Å². The van der Waals surface area contributed by atoms with E-state index in [-0.39, 0.29) is 12.1 Å². The number of amidine groups is 1. The predicted molar refractivity (Wildman–Crippen MR) is 200 cm³/mol. The maximum Gasteiger partial charge on any atom is 0.221 e. The molecule has 45 heavy (non-hydrogen) atoms. The first kappa shape index (κ1) is 41.4. The Hall–Kier alpha value is -1.58. The van der Waals surface area contributed by atoms with Gasteiger partial charge in [0, 0.05) is 19.4 Å². The molecule has 0 spiro atoms. The molecule has 1 heterocycles. The lowest BCUT2D eigenvalue weighted by Crippen LogP contribution is -2.47. The van der Waals surface area contributed by atoms with Gasteiger partial charge in [-0.3, -0.25) is 9.79 Å². The van der Waals surface area contributed by atoms with Gasteiger partial charge in [0.15, 0.2) is 0 Å². The average Bonchev–Trinajstić information content (AvgIpc) is 3.51. The van der Waals surface area contributed by atoms with Crippen LogP contribution in [0, 0.1) is 0 Å². The number of nitrogens with one attached hydrogen (secondary N) is 1. The molecule has 1 aliphatic rings. The highest BCUT2D eigenvalue weighted by Crippen LogP contribution is 2.15. The number of rotatable bonds is 33. The topological polar surface area (TPSA) is 44.7 Å². The smallest absolute Gasteiger partial charge is 0.221 e. The molecule has 0 aromatic heterocycles. The summed E-state index contributed by atoms with van der Waals surface area (Å²) in [6, 6.07) is 0. The highest BCUT2D eigenvalue weighted by molar-refractivity contribution is 5.84. The van der Waals surface area contributed by atoms with Crippen LogP contribution in [0.25, 0.3) is 0 Å². The minimum Gasteiger partial charge on any atom is -0.338 e.